The fourth-order valence-electron chi connectivity index (χ4n) is 3.68. The number of hydrogen-bond donors (Lipinski definition) is 2. The molecule has 0 saturated carbocycles. The highest BCUT2D eigenvalue weighted by Crippen LogP contribution is 2.25. The third-order valence-electron chi connectivity index (χ3n) is 5.44. The molecule has 30 heavy (non-hydrogen) atoms. The highest BCUT2D eigenvalue weighted by atomic mass is 19.1. The number of pyridine rings is 2. The van der Waals surface area contributed by atoms with Gasteiger partial charge in [-0.3, -0.25) is 14.7 Å². The molecule has 1 fully saturated rings. The lowest BCUT2D eigenvalue weighted by Crippen LogP contribution is -2.38. The van der Waals surface area contributed by atoms with E-state index < -0.39 is 0 Å². The second-order valence-corrected chi connectivity index (χ2v) is 7.51. The van der Waals surface area contributed by atoms with Crippen molar-refractivity contribution in [1.82, 2.24) is 14.9 Å². The van der Waals surface area contributed by atoms with Crippen LogP contribution in [0.4, 0.5) is 15.9 Å². The summed E-state index contributed by atoms with van der Waals surface area (Å²) in [4.78, 5) is 23.6. The zero-order chi connectivity index (χ0) is 20.9. The number of aromatic nitrogens is 2. The number of nitrogens with one attached hydrogen (secondary N) is 1. The number of benzene rings is 1. The maximum atomic E-state index is 13.9. The van der Waals surface area contributed by atoms with Gasteiger partial charge in [-0.15, -0.1) is 0 Å². The number of anilines is 2. The van der Waals surface area contributed by atoms with Crippen LogP contribution >= 0.6 is 0 Å². The topological polar surface area (TPSA) is 84.1 Å². The van der Waals surface area contributed by atoms with Crippen LogP contribution in [0.5, 0.6) is 0 Å². The Balaban J connectivity index is 1.37. The van der Waals surface area contributed by atoms with Crippen molar-refractivity contribution in [2.24, 2.45) is 5.92 Å². The van der Waals surface area contributed by atoms with E-state index in [9.17, 15) is 9.18 Å². The van der Waals surface area contributed by atoms with E-state index in [0.717, 1.165) is 18.7 Å². The largest absolute Gasteiger partial charge is 0.396 e. The van der Waals surface area contributed by atoms with Crippen LogP contribution in [0.25, 0.3) is 11.3 Å². The average Bonchev–Trinajstić information content (AvgIpc) is 2.78. The van der Waals surface area contributed by atoms with Crippen molar-refractivity contribution in [3.63, 3.8) is 0 Å². The number of hydrogen-bond acceptors (Lipinski definition) is 5. The second-order valence-electron chi connectivity index (χ2n) is 7.51. The van der Waals surface area contributed by atoms with Gasteiger partial charge in [0.25, 0.3) is 0 Å². The van der Waals surface area contributed by atoms with Crippen molar-refractivity contribution in [3.8, 4) is 11.3 Å². The Bertz CT molecular complexity index is 1020. The molecule has 1 amide bonds. The summed E-state index contributed by atoms with van der Waals surface area (Å²) in [5.41, 5.74) is 8.70. The standard InChI is InChI=1S/C23H24FN5O/c24-19-6-2-1-4-18(19)15-29-12-9-16(10-13-29)23(30)28-22-20(25)7-8-21(27-22)17-5-3-11-26-14-17/h1-8,11,14,16H,9-10,12-13,15,25H2,(H,27,28,30). The van der Waals surface area contributed by atoms with Gasteiger partial charge in [-0.1, -0.05) is 18.2 Å². The van der Waals surface area contributed by atoms with Gasteiger partial charge >= 0.3 is 0 Å². The Morgan fingerprint density at radius 1 is 1.13 bits per heavy atom. The normalized spacial score (nSPS) is 15.1. The second kappa shape index (κ2) is 9.00. The zero-order valence-electron chi connectivity index (χ0n) is 16.6. The molecule has 0 bridgehead atoms. The van der Waals surface area contributed by atoms with Crippen LogP contribution in [-0.2, 0) is 11.3 Å². The van der Waals surface area contributed by atoms with Crippen molar-refractivity contribution in [3.05, 3.63) is 72.3 Å². The molecular weight excluding hydrogens is 381 g/mol. The summed E-state index contributed by atoms with van der Waals surface area (Å²) >= 11 is 0. The van der Waals surface area contributed by atoms with Crippen LogP contribution in [0.15, 0.2) is 60.9 Å². The Labute approximate surface area is 175 Å². The molecule has 0 spiro atoms. The van der Waals surface area contributed by atoms with Crippen LogP contribution in [0, 0.1) is 11.7 Å². The summed E-state index contributed by atoms with van der Waals surface area (Å²) in [6.07, 6.45) is 4.84. The first-order chi connectivity index (χ1) is 14.6. The van der Waals surface area contributed by atoms with Crippen molar-refractivity contribution in [1.29, 1.82) is 0 Å². The van der Waals surface area contributed by atoms with Crippen LogP contribution in [0.2, 0.25) is 0 Å². The molecule has 2 aromatic heterocycles. The fraction of sp³-hybridized carbons (Fsp3) is 0.261. The average molecular weight is 405 g/mol. The SMILES string of the molecule is Nc1ccc(-c2cccnc2)nc1NC(=O)C1CCN(Cc2ccccc2F)CC1. The molecule has 7 heteroatoms. The highest BCUT2D eigenvalue weighted by molar-refractivity contribution is 5.94. The molecule has 3 heterocycles. The molecule has 0 aliphatic carbocycles. The predicted molar refractivity (Wildman–Crippen MR) is 115 cm³/mol. The summed E-state index contributed by atoms with van der Waals surface area (Å²) in [6, 6.07) is 14.1. The smallest absolute Gasteiger partial charge is 0.228 e. The number of carbonyl (C=O) groups excluding carboxylic acids is 1. The van der Waals surface area contributed by atoms with E-state index in [1.54, 1.807) is 30.6 Å². The number of nitrogens with zero attached hydrogens (tertiary/aromatic N) is 3. The van der Waals surface area contributed by atoms with Gasteiger partial charge in [-0.25, -0.2) is 9.37 Å². The van der Waals surface area contributed by atoms with Gasteiger partial charge in [0.05, 0.1) is 11.4 Å². The lowest BCUT2D eigenvalue weighted by molar-refractivity contribution is -0.121. The molecule has 154 valence electrons. The molecule has 0 radical (unpaired) electrons. The molecule has 0 atom stereocenters. The van der Waals surface area contributed by atoms with Crippen LogP contribution in [0.3, 0.4) is 0 Å². The van der Waals surface area contributed by atoms with E-state index in [1.807, 2.05) is 24.3 Å². The molecular formula is C23H24FN5O. The van der Waals surface area contributed by atoms with Gasteiger partial charge < -0.3 is 11.1 Å². The molecule has 1 aromatic carbocycles. The molecule has 1 aliphatic heterocycles. The molecule has 3 N–H and O–H groups in total. The Morgan fingerprint density at radius 2 is 1.93 bits per heavy atom. The number of rotatable bonds is 5. The Hall–Kier alpha value is -3.32. The molecule has 1 saturated heterocycles. The molecule has 6 nitrogen and oxygen atoms in total. The minimum Gasteiger partial charge on any atom is -0.396 e. The van der Waals surface area contributed by atoms with E-state index >= 15 is 0 Å². The number of piperidine rings is 1. The van der Waals surface area contributed by atoms with Gasteiger partial charge in [0.15, 0.2) is 5.82 Å². The van der Waals surface area contributed by atoms with Crippen LogP contribution < -0.4 is 11.1 Å². The summed E-state index contributed by atoms with van der Waals surface area (Å²) in [6.45, 7) is 2.04. The minimum atomic E-state index is -0.188. The summed E-state index contributed by atoms with van der Waals surface area (Å²) in [5, 5.41) is 2.89. The first-order valence-electron chi connectivity index (χ1n) is 10.0. The van der Waals surface area contributed by atoms with E-state index in [2.05, 4.69) is 20.2 Å². The van der Waals surface area contributed by atoms with Crippen molar-refractivity contribution >= 4 is 17.4 Å². The van der Waals surface area contributed by atoms with E-state index in [1.165, 1.54) is 6.07 Å². The summed E-state index contributed by atoms with van der Waals surface area (Å²) < 4.78 is 13.9. The van der Waals surface area contributed by atoms with E-state index in [-0.39, 0.29) is 17.6 Å². The van der Waals surface area contributed by atoms with Crippen molar-refractivity contribution < 1.29 is 9.18 Å². The Morgan fingerprint density at radius 3 is 2.67 bits per heavy atom. The van der Waals surface area contributed by atoms with E-state index in [4.69, 9.17) is 5.73 Å². The van der Waals surface area contributed by atoms with E-state index in [0.29, 0.717) is 42.1 Å². The van der Waals surface area contributed by atoms with Gasteiger partial charge in [0.1, 0.15) is 5.82 Å². The molecule has 3 aromatic rings. The maximum absolute atomic E-state index is 13.9. The fourth-order valence-corrected chi connectivity index (χ4v) is 3.68. The number of nitrogen functional groups attached to an aromatic ring is 1. The van der Waals surface area contributed by atoms with Gasteiger partial charge in [0, 0.05) is 36.0 Å². The minimum absolute atomic E-state index is 0.0805. The maximum Gasteiger partial charge on any atom is 0.228 e. The molecule has 1 aliphatic rings. The lowest BCUT2D eigenvalue weighted by atomic mass is 9.95. The first-order valence-corrected chi connectivity index (χ1v) is 10.0. The van der Waals surface area contributed by atoms with Crippen molar-refractivity contribution in [2.45, 2.75) is 19.4 Å². The lowest BCUT2D eigenvalue weighted by Gasteiger charge is -2.31. The van der Waals surface area contributed by atoms with Crippen LogP contribution in [-0.4, -0.2) is 33.9 Å². The number of amides is 1. The van der Waals surface area contributed by atoms with Gasteiger partial charge in [0.2, 0.25) is 5.91 Å². The zero-order valence-corrected chi connectivity index (χ0v) is 16.6. The van der Waals surface area contributed by atoms with Gasteiger partial charge in [-0.2, -0.15) is 0 Å². The third-order valence-corrected chi connectivity index (χ3v) is 5.44. The number of nitrogens with two attached hydrogens (primary N) is 1. The Kier molecular flexibility index (Phi) is 5.99. The van der Waals surface area contributed by atoms with Crippen LogP contribution in [0.1, 0.15) is 18.4 Å². The summed E-state index contributed by atoms with van der Waals surface area (Å²) in [7, 11) is 0. The highest BCUT2D eigenvalue weighted by Gasteiger charge is 2.26. The molecule has 0 unspecified atom stereocenters. The van der Waals surface area contributed by atoms with Crippen molar-refractivity contribution in [2.75, 3.05) is 24.1 Å². The first kappa shape index (κ1) is 20.0. The summed E-state index contributed by atoms with van der Waals surface area (Å²) in [5.74, 6) is -0.0178. The molecule has 4 rings (SSSR count). The quantitative estimate of drug-likeness (QED) is 0.676. The number of carbonyl (C=O) groups is 1. The number of halogens is 1. The third kappa shape index (κ3) is 4.63. The monoisotopic (exact) mass is 405 g/mol. The predicted octanol–water partition coefficient (Wildman–Crippen LogP) is 3.72. The number of likely N-dealkylation sites (tertiary alicyclic amines) is 1. The van der Waals surface area contributed by atoms with Gasteiger partial charge in [-0.05, 0) is 56.3 Å².